The average Bonchev–Trinajstić information content (AvgIpc) is 3.19. The Morgan fingerprint density at radius 1 is 1.42 bits per heavy atom. The molecular formula is C17H22N4O2S. The number of amides is 2. The van der Waals surface area contributed by atoms with Crippen molar-refractivity contribution >= 4 is 28.2 Å². The summed E-state index contributed by atoms with van der Waals surface area (Å²) >= 11 is 1.45. The average molecular weight is 346 g/mol. The number of primary amides is 1. The third kappa shape index (κ3) is 3.45. The van der Waals surface area contributed by atoms with Crippen molar-refractivity contribution in [3.05, 3.63) is 17.0 Å². The van der Waals surface area contributed by atoms with E-state index >= 15 is 0 Å². The van der Waals surface area contributed by atoms with Crippen molar-refractivity contribution < 1.29 is 9.59 Å². The predicted octanol–water partition coefficient (Wildman–Crippen LogP) is 1.70. The quantitative estimate of drug-likeness (QED) is 0.878. The number of piperidine rings is 1. The number of anilines is 1. The van der Waals surface area contributed by atoms with Crippen molar-refractivity contribution in [1.29, 1.82) is 5.26 Å². The van der Waals surface area contributed by atoms with Gasteiger partial charge in [0.2, 0.25) is 11.8 Å². The summed E-state index contributed by atoms with van der Waals surface area (Å²) in [4.78, 5) is 27.9. The number of rotatable bonds is 5. The molecule has 2 aliphatic rings. The van der Waals surface area contributed by atoms with E-state index in [4.69, 9.17) is 5.73 Å². The van der Waals surface area contributed by atoms with Crippen molar-refractivity contribution in [3.8, 4) is 6.07 Å². The zero-order chi connectivity index (χ0) is 17.1. The Bertz CT molecular complexity index is 666. The highest BCUT2D eigenvalue weighted by molar-refractivity contribution is 7.14. The topological polar surface area (TPSA) is 90.4 Å². The lowest BCUT2D eigenvalue weighted by molar-refractivity contribution is -0.122. The van der Waals surface area contributed by atoms with Gasteiger partial charge in [0.15, 0.2) is 0 Å². The first-order chi connectivity index (χ1) is 11.6. The molecule has 2 fully saturated rings. The van der Waals surface area contributed by atoms with E-state index in [1.165, 1.54) is 11.3 Å². The Kier molecular flexibility index (Phi) is 5.17. The minimum Gasteiger partial charge on any atom is -0.370 e. The van der Waals surface area contributed by atoms with Gasteiger partial charge in [-0.25, -0.2) is 0 Å². The molecule has 2 atom stereocenters. The SMILES string of the molecule is N#Cc1ccsc1N1CC[C@H](N2CCC[C@H](CCC(N)=O)C2)C1=O. The van der Waals surface area contributed by atoms with E-state index in [1.54, 1.807) is 11.0 Å². The Hall–Kier alpha value is -1.91. The van der Waals surface area contributed by atoms with Crippen LogP contribution in [0.1, 0.15) is 37.7 Å². The summed E-state index contributed by atoms with van der Waals surface area (Å²) in [5.74, 6) is 0.283. The summed E-state index contributed by atoms with van der Waals surface area (Å²) < 4.78 is 0. The van der Waals surface area contributed by atoms with Crippen LogP contribution in [-0.2, 0) is 9.59 Å². The van der Waals surface area contributed by atoms with E-state index in [9.17, 15) is 14.9 Å². The fourth-order valence-corrected chi connectivity index (χ4v) is 4.65. The number of likely N-dealkylation sites (tertiary alicyclic amines) is 1. The normalized spacial score (nSPS) is 25.0. The minimum atomic E-state index is -0.253. The van der Waals surface area contributed by atoms with Crippen molar-refractivity contribution in [2.24, 2.45) is 11.7 Å². The lowest BCUT2D eigenvalue weighted by Crippen LogP contribution is -2.47. The Morgan fingerprint density at radius 3 is 3.00 bits per heavy atom. The van der Waals surface area contributed by atoms with Gasteiger partial charge in [-0.15, -0.1) is 11.3 Å². The number of carbonyl (C=O) groups excluding carboxylic acids is 2. The molecule has 6 nitrogen and oxygen atoms in total. The van der Waals surface area contributed by atoms with Crippen LogP contribution < -0.4 is 10.6 Å². The maximum absolute atomic E-state index is 12.9. The lowest BCUT2D eigenvalue weighted by Gasteiger charge is -2.35. The third-order valence-electron chi connectivity index (χ3n) is 4.98. The molecule has 1 aromatic rings. The number of nitrogens with zero attached hydrogens (tertiary/aromatic N) is 3. The van der Waals surface area contributed by atoms with Gasteiger partial charge in [0.25, 0.3) is 0 Å². The summed E-state index contributed by atoms with van der Waals surface area (Å²) in [5.41, 5.74) is 5.83. The van der Waals surface area contributed by atoms with Crippen LogP contribution in [-0.4, -0.2) is 42.4 Å². The zero-order valence-electron chi connectivity index (χ0n) is 13.6. The van der Waals surface area contributed by atoms with E-state index in [1.807, 2.05) is 5.38 Å². The summed E-state index contributed by atoms with van der Waals surface area (Å²) in [6, 6.07) is 3.82. The molecule has 7 heteroatoms. The van der Waals surface area contributed by atoms with Crippen LogP contribution in [0.4, 0.5) is 5.00 Å². The largest absolute Gasteiger partial charge is 0.370 e. The standard InChI is InChI=1S/C17H22N4O2S/c18-10-13-6-9-24-17(13)21-8-5-14(16(21)23)20-7-1-2-12(11-20)3-4-15(19)22/h6,9,12,14H,1-5,7-8,11H2,(H2,19,22)/t12-,14+/m1/s1. The molecule has 0 aromatic carbocycles. The van der Waals surface area contributed by atoms with E-state index in [0.717, 1.165) is 43.8 Å². The second-order valence-electron chi connectivity index (χ2n) is 6.55. The van der Waals surface area contributed by atoms with E-state index in [0.29, 0.717) is 24.4 Å². The molecule has 128 valence electrons. The minimum absolute atomic E-state index is 0.101. The summed E-state index contributed by atoms with van der Waals surface area (Å²) in [7, 11) is 0. The highest BCUT2D eigenvalue weighted by Gasteiger charge is 2.39. The molecule has 1 aromatic heterocycles. The van der Waals surface area contributed by atoms with Crippen molar-refractivity contribution in [2.45, 2.75) is 38.1 Å². The number of nitrogens with two attached hydrogens (primary N) is 1. The van der Waals surface area contributed by atoms with Gasteiger partial charge in [-0.3, -0.25) is 14.5 Å². The molecular weight excluding hydrogens is 324 g/mol. The fraction of sp³-hybridized carbons (Fsp3) is 0.588. The van der Waals surface area contributed by atoms with E-state index in [2.05, 4.69) is 11.0 Å². The van der Waals surface area contributed by atoms with Crippen LogP contribution in [0.25, 0.3) is 0 Å². The molecule has 0 spiro atoms. The molecule has 2 saturated heterocycles. The molecule has 24 heavy (non-hydrogen) atoms. The molecule has 2 amide bonds. The van der Waals surface area contributed by atoms with Gasteiger partial charge in [0, 0.05) is 19.5 Å². The molecule has 0 radical (unpaired) electrons. The first-order valence-corrected chi connectivity index (χ1v) is 9.29. The van der Waals surface area contributed by atoms with Crippen LogP contribution in [0.5, 0.6) is 0 Å². The maximum atomic E-state index is 12.9. The zero-order valence-corrected chi connectivity index (χ0v) is 14.4. The molecule has 2 N–H and O–H groups in total. The highest BCUT2D eigenvalue weighted by atomic mass is 32.1. The Labute approximate surface area is 145 Å². The summed E-state index contributed by atoms with van der Waals surface area (Å²) in [6.45, 7) is 2.45. The van der Waals surface area contributed by atoms with Gasteiger partial charge in [-0.05, 0) is 49.6 Å². The van der Waals surface area contributed by atoms with Crippen LogP contribution >= 0.6 is 11.3 Å². The van der Waals surface area contributed by atoms with Crippen molar-refractivity contribution in [3.63, 3.8) is 0 Å². The number of carbonyl (C=O) groups is 2. The maximum Gasteiger partial charge on any atom is 0.245 e. The molecule has 2 aliphatic heterocycles. The Balaban J connectivity index is 1.64. The van der Waals surface area contributed by atoms with Gasteiger partial charge in [-0.1, -0.05) is 0 Å². The van der Waals surface area contributed by atoms with Gasteiger partial charge in [-0.2, -0.15) is 5.26 Å². The molecule has 0 unspecified atom stereocenters. The van der Waals surface area contributed by atoms with Crippen LogP contribution in [0.2, 0.25) is 0 Å². The monoisotopic (exact) mass is 346 g/mol. The van der Waals surface area contributed by atoms with Crippen LogP contribution in [0, 0.1) is 17.2 Å². The van der Waals surface area contributed by atoms with Crippen molar-refractivity contribution in [2.75, 3.05) is 24.5 Å². The number of hydrogen-bond acceptors (Lipinski definition) is 5. The van der Waals surface area contributed by atoms with Crippen molar-refractivity contribution in [1.82, 2.24) is 4.90 Å². The van der Waals surface area contributed by atoms with E-state index < -0.39 is 0 Å². The molecule has 0 aliphatic carbocycles. The smallest absolute Gasteiger partial charge is 0.245 e. The van der Waals surface area contributed by atoms with Gasteiger partial charge in [0.05, 0.1) is 11.6 Å². The van der Waals surface area contributed by atoms with Gasteiger partial charge >= 0.3 is 0 Å². The first kappa shape index (κ1) is 16.9. The van der Waals surface area contributed by atoms with Crippen LogP contribution in [0.3, 0.4) is 0 Å². The lowest BCUT2D eigenvalue weighted by atomic mass is 9.92. The second kappa shape index (κ2) is 7.32. The van der Waals surface area contributed by atoms with Gasteiger partial charge < -0.3 is 10.6 Å². The summed E-state index contributed by atoms with van der Waals surface area (Å²) in [6.07, 6.45) is 4.17. The number of nitriles is 1. The molecule has 3 rings (SSSR count). The third-order valence-corrected chi connectivity index (χ3v) is 5.91. The Morgan fingerprint density at radius 2 is 2.25 bits per heavy atom. The van der Waals surface area contributed by atoms with Crippen LogP contribution in [0.15, 0.2) is 11.4 Å². The second-order valence-corrected chi connectivity index (χ2v) is 7.45. The molecule has 0 saturated carbocycles. The number of hydrogen-bond donors (Lipinski definition) is 1. The highest BCUT2D eigenvalue weighted by Crippen LogP contribution is 2.33. The first-order valence-electron chi connectivity index (χ1n) is 8.41. The summed E-state index contributed by atoms with van der Waals surface area (Å²) in [5, 5.41) is 11.8. The predicted molar refractivity (Wildman–Crippen MR) is 92.5 cm³/mol. The molecule has 3 heterocycles. The molecule has 0 bridgehead atoms. The fourth-order valence-electron chi connectivity index (χ4n) is 3.76. The number of thiophene rings is 1. The van der Waals surface area contributed by atoms with E-state index in [-0.39, 0.29) is 17.9 Å². The van der Waals surface area contributed by atoms with Gasteiger partial charge in [0.1, 0.15) is 11.1 Å².